The smallest absolute Gasteiger partial charge is 0.246 e. The van der Waals surface area contributed by atoms with Gasteiger partial charge in [0, 0.05) is 25.7 Å². The van der Waals surface area contributed by atoms with Crippen LogP contribution < -0.4 is 5.73 Å². The van der Waals surface area contributed by atoms with Crippen LogP contribution in [0.2, 0.25) is 0 Å². The lowest BCUT2D eigenvalue weighted by atomic mass is 10.2. The highest BCUT2D eigenvalue weighted by Crippen LogP contribution is 2.36. The Morgan fingerprint density at radius 2 is 2.00 bits per heavy atom. The lowest BCUT2D eigenvalue weighted by Gasteiger charge is -2.26. The maximum absolute atomic E-state index is 13.6. The van der Waals surface area contributed by atoms with E-state index >= 15 is 0 Å². The van der Waals surface area contributed by atoms with Crippen molar-refractivity contribution in [1.82, 2.24) is 4.31 Å². The predicted octanol–water partition coefficient (Wildman–Crippen LogP) is 1.74. The molecule has 8 heteroatoms. The molecule has 0 saturated heterocycles. The molecular formula is C12H17ClF2N2O2S. The van der Waals surface area contributed by atoms with Gasteiger partial charge in [-0.1, -0.05) is 0 Å². The van der Waals surface area contributed by atoms with E-state index in [1.54, 1.807) is 0 Å². The van der Waals surface area contributed by atoms with Gasteiger partial charge < -0.3 is 5.73 Å². The van der Waals surface area contributed by atoms with E-state index in [-0.39, 0.29) is 30.9 Å². The van der Waals surface area contributed by atoms with Crippen molar-refractivity contribution in [3.63, 3.8) is 0 Å². The van der Waals surface area contributed by atoms with Gasteiger partial charge in [-0.05, 0) is 30.9 Å². The molecule has 0 bridgehead atoms. The number of hydrogen-bond donors (Lipinski definition) is 1. The van der Waals surface area contributed by atoms with Crippen molar-refractivity contribution in [1.29, 1.82) is 0 Å². The second kappa shape index (κ2) is 6.34. The standard InChI is InChI=1S/C12H16F2N2O2S.ClH/c1-16(11(7-15)8-2-3-8)19(17,18)12-5-4-9(13)6-10(12)14;/h4-6,8,11H,2-3,7,15H2,1H3;1H. The Hall–Kier alpha value is -0.760. The van der Waals surface area contributed by atoms with Crippen molar-refractivity contribution in [2.24, 2.45) is 11.7 Å². The monoisotopic (exact) mass is 326 g/mol. The van der Waals surface area contributed by atoms with Gasteiger partial charge in [-0.2, -0.15) is 4.31 Å². The van der Waals surface area contributed by atoms with Gasteiger partial charge in [-0.25, -0.2) is 17.2 Å². The average molecular weight is 327 g/mol. The van der Waals surface area contributed by atoms with E-state index in [2.05, 4.69) is 0 Å². The van der Waals surface area contributed by atoms with Gasteiger partial charge in [-0.3, -0.25) is 0 Å². The minimum atomic E-state index is -3.99. The topological polar surface area (TPSA) is 63.4 Å². The number of benzene rings is 1. The van der Waals surface area contributed by atoms with Gasteiger partial charge in [-0.15, -0.1) is 12.4 Å². The molecule has 2 rings (SSSR count). The molecular weight excluding hydrogens is 310 g/mol. The first-order valence-corrected chi connectivity index (χ1v) is 7.45. The number of halogens is 3. The average Bonchev–Trinajstić information content (AvgIpc) is 3.13. The van der Waals surface area contributed by atoms with Crippen LogP contribution in [0.4, 0.5) is 8.78 Å². The molecule has 0 radical (unpaired) electrons. The third-order valence-electron chi connectivity index (χ3n) is 3.43. The summed E-state index contributed by atoms with van der Waals surface area (Å²) in [6.07, 6.45) is 1.85. The fourth-order valence-electron chi connectivity index (χ4n) is 2.14. The third-order valence-corrected chi connectivity index (χ3v) is 5.34. The second-order valence-corrected chi connectivity index (χ2v) is 6.70. The van der Waals surface area contributed by atoms with Gasteiger partial charge in [0.25, 0.3) is 0 Å². The number of likely N-dealkylation sites (N-methyl/N-ethyl adjacent to an activating group) is 1. The highest BCUT2D eigenvalue weighted by atomic mass is 35.5. The lowest BCUT2D eigenvalue weighted by molar-refractivity contribution is 0.339. The van der Waals surface area contributed by atoms with Gasteiger partial charge in [0.15, 0.2) is 0 Å². The molecule has 1 aromatic rings. The molecule has 0 heterocycles. The summed E-state index contributed by atoms with van der Waals surface area (Å²) < 4.78 is 52.2. The predicted molar refractivity (Wildman–Crippen MR) is 74.1 cm³/mol. The number of rotatable bonds is 5. The van der Waals surface area contributed by atoms with E-state index in [9.17, 15) is 17.2 Å². The zero-order valence-corrected chi connectivity index (χ0v) is 12.6. The van der Waals surface area contributed by atoms with Gasteiger partial charge in [0.2, 0.25) is 10.0 Å². The molecule has 1 fully saturated rings. The van der Waals surface area contributed by atoms with E-state index in [1.165, 1.54) is 7.05 Å². The van der Waals surface area contributed by atoms with E-state index in [4.69, 9.17) is 5.73 Å². The molecule has 1 aliphatic carbocycles. The third kappa shape index (κ3) is 3.28. The molecule has 0 amide bonds. The van der Waals surface area contributed by atoms with Crippen molar-refractivity contribution in [2.75, 3.05) is 13.6 Å². The second-order valence-electron chi connectivity index (χ2n) is 4.74. The van der Waals surface area contributed by atoms with E-state index in [0.29, 0.717) is 6.07 Å². The number of nitrogens with zero attached hydrogens (tertiary/aromatic N) is 1. The molecule has 20 heavy (non-hydrogen) atoms. The highest BCUT2D eigenvalue weighted by Gasteiger charge is 2.38. The summed E-state index contributed by atoms with van der Waals surface area (Å²) in [7, 11) is -2.61. The Balaban J connectivity index is 0.00000200. The van der Waals surface area contributed by atoms with Gasteiger partial charge >= 0.3 is 0 Å². The number of nitrogens with two attached hydrogens (primary N) is 1. The zero-order chi connectivity index (χ0) is 14.2. The fourth-order valence-corrected chi connectivity index (χ4v) is 3.61. The molecule has 1 aliphatic rings. The molecule has 114 valence electrons. The molecule has 1 aromatic carbocycles. The molecule has 2 N–H and O–H groups in total. The maximum Gasteiger partial charge on any atom is 0.246 e. The normalized spacial score (nSPS) is 16.9. The Labute approximate surface area is 123 Å². The SMILES string of the molecule is CN(C(CN)C1CC1)S(=O)(=O)c1ccc(F)cc1F.Cl. The molecule has 1 unspecified atom stereocenters. The van der Waals surface area contributed by atoms with Crippen molar-refractivity contribution >= 4 is 22.4 Å². The summed E-state index contributed by atoms with van der Waals surface area (Å²) in [6, 6.07) is 2.10. The fraction of sp³-hybridized carbons (Fsp3) is 0.500. The summed E-state index contributed by atoms with van der Waals surface area (Å²) in [6.45, 7) is 0.184. The Bertz CT molecular complexity index is 579. The minimum absolute atomic E-state index is 0. The molecule has 1 atom stereocenters. The minimum Gasteiger partial charge on any atom is -0.329 e. The van der Waals surface area contributed by atoms with E-state index < -0.39 is 26.6 Å². The molecule has 0 aromatic heterocycles. The van der Waals surface area contributed by atoms with Crippen LogP contribution in [0, 0.1) is 17.6 Å². The van der Waals surface area contributed by atoms with Crippen LogP contribution in [-0.4, -0.2) is 32.4 Å². The first-order valence-electron chi connectivity index (χ1n) is 6.01. The summed E-state index contributed by atoms with van der Waals surface area (Å²) in [4.78, 5) is -0.518. The van der Waals surface area contributed by atoms with E-state index in [1.807, 2.05) is 0 Å². The first kappa shape index (κ1) is 17.3. The summed E-state index contributed by atoms with van der Waals surface area (Å²) in [5.74, 6) is -1.66. The number of hydrogen-bond acceptors (Lipinski definition) is 3. The van der Waals surface area contributed by atoms with Crippen molar-refractivity contribution in [3.8, 4) is 0 Å². The summed E-state index contributed by atoms with van der Waals surface area (Å²) in [5.41, 5.74) is 5.59. The van der Waals surface area contributed by atoms with Crippen LogP contribution in [0.25, 0.3) is 0 Å². The van der Waals surface area contributed by atoms with Crippen molar-refractivity contribution < 1.29 is 17.2 Å². The van der Waals surface area contributed by atoms with Crippen LogP contribution in [0.3, 0.4) is 0 Å². The Morgan fingerprint density at radius 1 is 1.40 bits per heavy atom. The van der Waals surface area contributed by atoms with Crippen molar-refractivity contribution in [3.05, 3.63) is 29.8 Å². The first-order chi connectivity index (χ1) is 8.87. The zero-order valence-electron chi connectivity index (χ0n) is 10.9. The number of sulfonamides is 1. The summed E-state index contributed by atoms with van der Waals surface area (Å²) >= 11 is 0. The molecule has 4 nitrogen and oxygen atoms in total. The Kier molecular flexibility index (Phi) is 5.48. The molecule has 0 spiro atoms. The van der Waals surface area contributed by atoms with Crippen LogP contribution in [0.5, 0.6) is 0 Å². The van der Waals surface area contributed by atoms with E-state index in [0.717, 1.165) is 29.3 Å². The summed E-state index contributed by atoms with van der Waals surface area (Å²) in [5, 5.41) is 0. The Morgan fingerprint density at radius 3 is 2.45 bits per heavy atom. The largest absolute Gasteiger partial charge is 0.329 e. The van der Waals surface area contributed by atoms with Gasteiger partial charge in [0.05, 0.1) is 0 Å². The lowest BCUT2D eigenvalue weighted by Crippen LogP contribution is -2.43. The van der Waals surface area contributed by atoms with Crippen molar-refractivity contribution in [2.45, 2.75) is 23.8 Å². The van der Waals surface area contributed by atoms with Crippen LogP contribution >= 0.6 is 12.4 Å². The van der Waals surface area contributed by atoms with Crippen LogP contribution in [0.15, 0.2) is 23.1 Å². The quantitative estimate of drug-likeness (QED) is 0.896. The van der Waals surface area contributed by atoms with Crippen LogP contribution in [-0.2, 0) is 10.0 Å². The molecule has 1 saturated carbocycles. The van der Waals surface area contributed by atoms with Gasteiger partial charge in [0.1, 0.15) is 16.5 Å². The van der Waals surface area contributed by atoms with Crippen LogP contribution in [0.1, 0.15) is 12.8 Å². The molecule has 0 aliphatic heterocycles. The maximum atomic E-state index is 13.6. The highest BCUT2D eigenvalue weighted by molar-refractivity contribution is 7.89.